The number of allylic oxidation sites excluding steroid dienone is 1. The molecule has 0 amide bonds. The van der Waals surface area contributed by atoms with E-state index in [2.05, 4.69) is 0 Å². The van der Waals surface area contributed by atoms with E-state index in [0.29, 0.717) is 5.75 Å². The van der Waals surface area contributed by atoms with Gasteiger partial charge in [-0.2, -0.15) is 17.6 Å². The van der Waals surface area contributed by atoms with Gasteiger partial charge in [0.15, 0.2) is 5.83 Å². The van der Waals surface area contributed by atoms with Crippen molar-refractivity contribution in [2.75, 3.05) is 7.11 Å². The van der Waals surface area contributed by atoms with Crippen molar-refractivity contribution in [2.24, 2.45) is 0 Å². The van der Waals surface area contributed by atoms with Crippen LogP contribution in [0.5, 0.6) is 5.75 Å². The number of ether oxygens (including phenoxy) is 1. The van der Waals surface area contributed by atoms with E-state index in [1.807, 2.05) is 0 Å². The number of hydrogen-bond donors (Lipinski definition) is 0. The first-order chi connectivity index (χ1) is 7.36. The monoisotopic (exact) mass is 238 g/mol. The van der Waals surface area contributed by atoms with Gasteiger partial charge in [0, 0.05) is 5.56 Å². The zero-order valence-corrected chi connectivity index (χ0v) is 8.11. The Morgan fingerprint density at radius 1 is 1.06 bits per heavy atom. The average molecular weight is 238 g/mol. The summed E-state index contributed by atoms with van der Waals surface area (Å²) < 4.78 is 65.7. The minimum Gasteiger partial charge on any atom is -0.497 e. The highest BCUT2D eigenvalue weighted by Gasteiger charge is 2.38. The molecular weight excluding hydrogens is 231 g/mol. The first-order valence-corrected chi connectivity index (χ1v) is 4.13. The van der Waals surface area contributed by atoms with E-state index < -0.39 is 23.4 Å². The SMILES string of the molecule is COc1ccc(/C(F)=C(/F)C(F)(F)F)cc1. The van der Waals surface area contributed by atoms with Gasteiger partial charge in [0.2, 0.25) is 5.83 Å². The fourth-order valence-corrected chi connectivity index (χ4v) is 0.989. The molecule has 0 aliphatic carbocycles. The predicted molar refractivity (Wildman–Crippen MR) is 48.2 cm³/mol. The Labute approximate surface area is 88.1 Å². The van der Waals surface area contributed by atoms with Crippen molar-refractivity contribution < 1.29 is 26.7 Å². The molecular formula is C10H7F5O. The highest BCUT2D eigenvalue weighted by atomic mass is 19.4. The van der Waals surface area contributed by atoms with E-state index in [-0.39, 0.29) is 0 Å². The smallest absolute Gasteiger partial charge is 0.445 e. The summed E-state index contributed by atoms with van der Waals surface area (Å²) in [4.78, 5) is 0. The van der Waals surface area contributed by atoms with E-state index in [1.165, 1.54) is 19.2 Å². The van der Waals surface area contributed by atoms with E-state index >= 15 is 0 Å². The van der Waals surface area contributed by atoms with E-state index in [4.69, 9.17) is 4.74 Å². The molecule has 1 aromatic carbocycles. The van der Waals surface area contributed by atoms with Crippen molar-refractivity contribution >= 4 is 5.83 Å². The summed E-state index contributed by atoms with van der Waals surface area (Å²) in [6.45, 7) is 0. The predicted octanol–water partition coefficient (Wildman–Crippen LogP) is 3.87. The minimum atomic E-state index is -5.32. The lowest BCUT2D eigenvalue weighted by Gasteiger charge is -2.06. The Bertz CT molecular complexity index is 391. The third kappa shape index (κ3) is 2.71. The molecule has 0 bridgehead atoms. The maximum atomic E-state index is 13.0. The number of halogens is 5. The van der Waals surface area contributed by atoms with Gasteiger partial charge >= 0.3 is 6.18 Å². The largest absolute Gasteiger partial charge is 0.497 e. The standard InChI is InChI=1S/C10H7F5O/c1-16-7-4-2-6(3-5-7)8(11)9(12)10(13,14)15/h2-5H,1H3/b9-8-. The zero-order chi connectivity index (χ0) is 12.3. The van der Waals surface area contributed by atoms with Gasteiger partial charge in [-0.25, -0.2) is 4.39 Å². The molecule has 1 aromatic rings. The summed E-state index contributed by atoms with van der Waals surface area (Å²) in [5, 5.41) is 0. The molecule has 0 saturated carbocycles. The van der Waals surface area contributed by atoms with Gasteiger partial charge in [0.1, 0.15) is 5.75 Å². The number of benzene rings is 1. The van der Waals surface area contributed by atoms with Crippen molar-refractivity contribution in [1.82, 2.24) is 0 Å². The van der Waals surface area contributed by atoms with Gasteiger partial charge in [0.25, 0.3) is 0 Å². The first kappa shape index (κ1) is 12.5. The second-order valence-electron chi connectivity index (χ2n) is 2.85. The topological polar surface area (TPSA) is 9.23 Å². The molecule has 0 atom stereocenters. The number of hydrogen-bond acceptors (Lipinski definition) is 1. The molecule has 0 fully saturated rings. The summed E-state index contributed by atoms with van der Waals surface area (Å²) in [7, 11) is 1.34. The third-order valence-corrected chi connectivity index (χ3v) is 1.79. The van der Waals surface area contributed by atoms with Gasteiger partial charge in [-0.15, -0.1) is 0 Å². The lowest BCUT2D eigenvalue weighted by atomic mass is 10.2. The van der Waals surface area contributed by atoms with Gasteiger partial charge in [-0.05, 0) is 24.3 Å². The molecule has 1 nitrogen and oxygen atoms in total. The Hall–Kier alpha value is -1.59. The summed E-state index contributed by atoms with van der Waals surface area (Å²) in [6, 6.07) is 4.47. The molecule has 1 rings (SSSR count). The first-order valence-electron chi connectivity index (χ1n) is 4.13. The Morgan fingerprint density at radius 3 is 1.94 bits per heavy atom. The molecule has 0 N–H and O–H groups in total. The number of rotatable bonds is 2. The summed E-state index contributed by atoms with van der Waals surface area (Å²) in [6.07, 6.45) is -5.32. The zero-order valence-electron chi connectivity index (χ0n) is 8.11. The van der Waals surface area contributed by atoms with Crippen LogP contribution in [0.25, 0.3) is 5.83 Å². The van der Waals surface area contributed by atoms with Gasteiger partial charge in [0.05, 0.1) is 7.11 Å². The van der Waals surface area contributed by atoms with Crippen molar-refractivity contribution in [1.29, 1.82) is 0 Å². The molecule has 0 aromatic heterocycles. The van der Waals surface area contributed by atoms with Crippen LogP contribution in [-0.2, 0) is 0 Å². The molecule has 16 heavy (non-hydrogen) atoms. The van der Waals surface area contributed by atoms with Crippen LogP contribution in [0.15, 0.2) is 30.1 Å². The summed E-state index contributed by atoms with van der Waals surface area (Å²) in [5.74, 6) is -4.34. The van der Waals surface area contributed by atoms with Crippen LogP contribution in [0.1, 0.15) is 5.56 Å². The van der Waals surface area contributed by atoms with Crippen LogP contribution >= 0.6 is 0 Å². The van der Waals surface area contributed by atoms with Gasteiger partial charge in [-0.3, -0.25) is 0 Å². The molecule has 0 aliphatic heterocycles. The number of methoxy groups -OCH3 is 1. The van der Waals surface area contributed by atoms with Crippen LogP contribution in [0, 0.1) is 0 Å². The van der Waals surface area contributed by atoms with Crippen molar-refractivity contribution in [3.63, 3.8) is 0 Å². The second-order valence-corrected chi connectivity index (χ2v) is 2.85. The minimum absolute atomic E-state index is 0.337. The molecule has 0 heterocycles. The van der Waals surface area contributed by atoms with Crippen LogP contribution < -0.4 is 4.74 Å². The molecule has 0 radical (unpaired) electrons. The fraction of sp³-hybridized carbons (Fsp3) is 0.200. The van der Waals surface area contributed by atoms with Crippen LogP contribution in [-0.4, -0.2) is 13.3 Å². The number of alkyl halides is 3. The second kappa shape index (κ2) is 4.51. The highest BCUT2D eigenvalue weighted by Crippen LogP contribution is 2.34. The van der Waals surface area contributed by atoms with Gasteiger partial charge in [-0.1, -0.05) is 0 Å². The van der Waals surface area contributed by atoms with Crippen LogP contribution in [0.3, 0.4) is 0 Å². The van der Waals surface area contributed by atoms with E-state index in [9.17, 15) is 22.0 Å². The molecule has 0 spiro atoms. The van der Waals surface area contributed by atoms with Crippen molar-refractivity contribution in [2.45, 2.75) is 6.18 Å². The van der Waals surface area contributed by atoms with Gasteiger partial charge < -0.3 is 4.74 Å². The lowest BCUT2D eigenvalue weighted by molar-refractivity contribution is -0.108. The maximum absolute atomic E-state index is 13.0. The lowest BCUT2D eigenvalue weighted by Crippen LogP contribution is -2.09. The van der Waals surface area contributed by atoms with Crippen LogP contribution in [0.4, 0.5) is 22.0 Å². The quantitative estimate of drug-likeness (QED) is 0.711. The Morgan fingerprint density at radius 2 is 1.56 bits per heavy atom. The van der Waals surface area contributed by atoms with E-state index in [0.717, 1.165) is 12.1 Å². The molecule has 88 valence electrons. The highest BCUT2D eigenvalue weighted by molar-refractivity contribution is 5.62. The molecule has 0 aliphatic rings. The Kier molecular flexibility index (Phi) is 3.51. The summed E-state index contributed by atoms with van der Waals surface area (Å²) >= 11 is 0. The fourth-order valence-electron chi connectivity index (χ4n) is 0.989. The molecule has 6 heteroatoms. The van der Waals surface area contributed by atoms with E-state index in [1.54, 1.807) is 0 Å². The normalized spacial score (nSPS) is 13.4. The maximum Gasteiger partial charge on any atom is 0.445 e. The summed E-state index contributed by atoms with van der Waals surface area (Å²) in [5.41, 5.74) is -0.490. The third-order valence-electron chi connectivity index (χ3n) is 1.79. The molecule has 0 saturated heterocycles. The van der Waals surface area contributed by atoms with Crippen molar-refractivity contribution in [3.05, 3.63) is 35.7 Å². The Balaban J connectivity index is 3.09. The van der Waals surface area contributed by atoms with Crippen molar-refractivity contribution in [3.8, 4) is 5.75 Å². The molecule has 0 unspecified atom stereocenters. The van der Waals surface area contributed by atoms with Crippen LogP contribution in [0.2, 0.25) is 0 Å². The average Bonchev–Trinajstić information content (AvgIpc) is 2.26.